The summed E-state index contributed by atoms with van der Waals surface area (Å²) in [5.74, 6) is 1.47. The normalized spacial score (nSPS) is 21.5. The van der Waals surface area contributed by atoms with E-state index in [1.807, 2.05) is 0 Å². The fraction of sp³-hybridized carbons (Fsp3) is 0.647. The molecule has 1 N–H and O–H groups in total. The average molecular weight is 260 g/mol. The Morgan fingerprint density at radius 1 is 1.32 bits per heavy atom. The highest BCUT2D eigenvalue weighted by Gasteiger charge is 2.17. The van der Waals surface area contributed by atoms with Gasteiger partial charge in [-0.3, -0.25) is 0 Å². The van der Waals surface area contributed by atoms with Gasteiger partial charge in [0.15, 0.2) is 0 Å². The number of piperidine rings is 1. The number of nitrogens with one attached hydrogen (secondary N) is 1. The molecule has 0 aliphatic carbocycles. The van der Waals surface area contributed by atoms with Crippen molar-refractivity contribution in [1.29, 1.82) is 0 Å². The number of hydrogen-bond donors (Lipinski definition) is 1. The van der Waals surface area contributed by atoms with Crippen molar-refractivity contribution in [3.63, 3.8) is 0 Å². The summed E-state index contributed by atoms with van der Waals surface area (Å²) < 4.78 is 0. The summed E-state index contributed by atoms with van der Waals surface area (Å²) >= 11 is 0. The molecule has 2 nitrogen and oxygen atoms in total. The van der Waals surface area contributed by atoms with Gasteiger partial charge in [-0.2, -0.15) is 0 Å². The number of hydrogen-bond acceptors (Lipinski definition) is 2. The average Bonchev–Trinajstić information content (AvgIpc) is 2.48. The van der Waals surface area contributed by atoms with Gasteiger partial charge >= 0.3 is 0 Å². The Labute approximate surface area is 118 Å². The maximum absolute atomic E-state index is 3.52. The van der Waals surface area contributed by atoms with Crippen LogP contribution in [0.4, 0.5) is 0 Å². The minimum absolute atomic E-state index is 0.623. The zero-order valence-electron chi connectivity index (χ0n) is 12.4. The molecule has 1 saturated heterocycles. The first kappa shape index (κ1) is 14.5. The van der Waals surface area contributed by atoms with Crippen molar-refractivity contribution in [2.75, 3.05) is 32.7 Å². The molecule has 1 aromatic rings. The first-order chi connectivity index (χ1) is 9.29. The highest BCUT2D eigenvalue weighted by molar-refractivity contribution is 5.19. The van der Waals surface area contributed by atoms with Gasteiger partial charge in [-0.25, -0.2) is 0 Å². The van der Waals surface area contributed by atoms with Gasteiger partial charge < -0.3 is 10.2 Å². The molecule has 0 saturated carbocycles. The molecule has 1 aliphatic heterocycles. The number of likely N-dealkylation sites (N-methyl/N-ethyl adjacent to an activating group) is 1. The van der Waals surface area contributed by atoms with E-state index in [0.717, 1.165) is 12.5 Å². The van der Waals surface area contributed by atoms with Crippen molar-refractivity contribution in [3.05, 3.63) is 35.9 Å². The van der Waals surface area contributed by atoms with Crippen molar-refractivity contribution in [3.8, 4) is 0 Å². The predicted octanol–water partition coefficient (Wildman–Crippen LogP) is 3.11. The van der Waals surface area contributed by atoms with E-state index >= 15 is 0 Å². The van der Waals surface area contributed by atoms with Crippen molar-refractivity contribution in [2.24, 2.45) is 5.92 Å². The standard InChI is InChI=1S/C17H28N2/c1-3-19(14-16-8-7-11-18-12-16)13-15(2)17-9-5-4-6-10-17/h4-6,9-10,15-16,18H,3,7-8,11-14H2,1-2H3. The molecule has 0 bridgehead atoms. The summed E-state index contributed by atoms with van der Waals surface area (Å²) in [5.41, 5.74) is 1.46. The number of rotatable bonds is 6. The van der Waals surface area contributed by atoms with Crippen molar-refractivity contribution in [1.82, 2.24) is 10.2 Å². The quantitative estimate of drug-likeness (QED) is 0.845. The van der Waals surface area contributed by atoms with Crippen LogP contribution >= 0.6 is 0 Å². The second-order valence-electron chi connectivity index (χ2n) is 5.88. The highest BCUT2D eigenvalue weighted by Crippen LogP contribution is 2.18. The van der Waals surface area contributed by atoms with Gasteiger partial charge in [-0.1, -0.05) is 44.2 Å². The molecule has 1 aliphatic rings. The van der Waals surface area contributed by atoms with Crippen LogP contribution < -0.4 is 5.32 Å². The lowest BCUT2D eigenvalue weighted by molar-refractivity contribution is 0.208. The Bertz CT molecular complexity index is 344. The number of benzene rings is 1. The van der Waals surface area contributed by atoms with Crippen LogP contribution in [0, 0.1) is 5.92 Å². The molecule has 2 rings (SSSR count). The molecule has 2 atom stereocenters. The summed E-state index contributed by atoms with van der Waals surface area (Å²) in [6.07, 6.45) is 2.74. The highest BCUT2D eigenvalue weighted by atomic mass is 15.1. The molecule has 2 unspecified atom stereocenters. The van der Waals surface area contributed by atoms with Crippen LogP contribution in [-0.2, 0) is 0 Å². The van der Waals surface area contributed by atoms with E-state index in [4.69, 9.17) is 0 Å². The van der Waals surface area contributed by atoms with Crippen molar-refractivity contribution < 1.29 is 0 Å². The maximum Gasteiger partial charge on any atom is 0.00476 e. The van der Waals surface area contributed by atoms with Crippen LogP contribution in [0.1, 0.15) is 38.2 Å². The van der Waals surface area contributed by atoms with Crippen LogP contribution in [-0.4, -0.2) is 37.6 Å². The predicted molar refractivity (Wildman–Crippen MR) is 82.6 cm³/mol. The second kappa shape index (κ2) is 7.66. The summed E-state index contributed by atoms with van der Waals surface area (Å²) in [6, 6.07) is 10.9. The zero-order valence-corrected chi connectivity index (χ0v) is 12.4. The Morgan fingerprint density at radius 3 is 2.74 bits per heavy atom. The first-order valence-corrected chi connectivity index (χ1v) is 7.77. The summed E-state index contributed by atoms with van der Waals surface area (Å²) in [5, 5.41) is 3.52. The minimum Gasteiger partial charge on any atom is -0.316 e. The molecule has 0 spiro atoms. The van der Waals surface area contributed by atoms with E-state index < -0.39 is 0 Å². The van der Waals surface area contributed by atoms with E-state index in [-0.39, 0.29) is 0 Å². The number of nitrogens with zero attached hydrogens (tertiary/aromatic N) is 1. The molecule has 0 aromatic heterocycles. The monoisotopic (exact) mass is 260 g/mol. The fourth-order valence-corrected chi connectivity index (χ4v) is 3.05. The Balaban J connectivity index is 1.84. The van der Waals surface area contributed by atoms with E-state index in [2.05, 4.69) is 54.4 Å². The molecule has 0 amide bonds. The molecular formula is C17H28N2. The van der Waals surface area contributed by atoms with Crippen molar-refractivity contribution in [2.45, 2.75) is 32.6 Å². The van der Waals surface area contributed by atoms with Crippen molar-refractivity contribution >= 4 is 0 Å². The van der Waals surface area contributed by atoms with E-state index in [9.17, 15) is 0 Å². The van der Waals surface area contributed by atoms with Gasteiger partial charge in [0.1, 0.15) is 0 Å². The van der Waals surface area contributed by atoms with Gasteiger partial charge in [0.2, 0.25) is 0 Å². The Kier molecular flexibility index (Phi) is 5.87. The molecule has 1 fully saturated rings. The molecule has 106 valence electrons. The minimum atomic E-state index is 0.623. The molecule has 1 aromatic carbocycles. The lowest BCUT2D eigenvalue weighted by Gasteiger charge is -2.31. The van der Waals surface area contributed by atoms with Crippen LogP contribution in [0.25, 0.3) is 0 Å². The van der Waals surface area contributed by atoms with Gasteiger partial charge in [0.25, 0.3) is 0 Å². The van der Waals surface area contributed by atoms with E-state index in [1.165, 1.54) is 44.6 Å². The summed E-state index contributed by atoms with van der Waals surface area (Å²) in [4.78, 5) is 2.62. The van der Waals surface area contributed by atoms with Crippen LogP contribution in [0.3, 0.4) is 0 Å². The van der Waals surface area contributed by atoms with Gasteiger partial charge in [-0.15, -0.1) is 0 Å². The molecule has 2 heteroatoms. The SMILES string of the molecule is CCN(CC1CCCNC1)CC(C)c1ccccc1. The first-order valence-electron chi connectivity index (χ1n) is 7.77. The van der Waals surface area contributed by atoms with Gasteiger partial charge in [-0.05, 0) is 49.9 Å². The third-order valence-electron chi connectivity index (χ3n) is 4.26. The third kappa shape index (κ3) is 4.63. The summed E-state index contributed by atoms with van der Waals surface area (Å²) in [7, 11) is 0. The second-order valence-corrected chi connectivity index (χ2v) is 5.88. The van der Waals surface area contributed by atoms with Crippen LogP contribution in [0.5, 0.6) is 0 Å². The topological polar surface area (TPSA) is 15.3 Å². The molecule has 0 radical (unpaired) electrons. The van der Waals surface area contributed by atoms with E-state index in [0.29, 0.717) is 5.92 Å². The van der Waals surface area contributed by atoms with Crippen LogP contribution in [0.2, 0.25) is 0 Å². The fourth-order valence-electron chi connectivity index (χ4n) is 3.05. The Morgan fingerprint density at radius 2 is 2.11 bits per heavy atom. The zero-order chi connectivity index (χ0) is 13.5. The largest absolute Gasteiger partial charge is 0.316 e. The Hall–Kier alpha value is -0.860. The van der Waals surface area contributed by atoms with Gasteiger partial charge in [0.05, 0.1) is 0 Å². The lowest BCUT2D eigenvalue weighted by atomic mass is 9.97. The molecule has 19 heavy (non-hydrogen) atoms. The van der Waals surface area contributed by atoms with Crippen LogP contribution in [0.15, 0.2) is 30.3 Å². The third-order valence-corrected chi connectivity index (χ3v) is 4.26. The smallest absolute Gasteiger partial charge is 0.00476 e. The molecular weight excluding hydrogens is 232 g/mol. The van der Waals surface area contributed by atoms with E-state index in [1.54, 1.807) is 0 Å². The maximum atomic E-state index is 3.52. The molecule has 1 heterocycles. The van der Waals surface area contributed by atoms with Gasteiger partial charge in [0, 0.05) is 13.1 Å². The lowest BCUT2D eigenvalue weighted by Crippen LogP contribution is -2.39. The summed E-state index contributed by atoms with van der Waals surface area (Å²) in [6.45, 7) is 10.6.